The smallest absolute Gasteiger partial charge is 0.0458 e. The zero-order chi connectivity index (χ0) is 13.0. The van der Waals surface area contributed by atoms with Crippen LogP contribution in [0.4, 0.5) is 5.69 Å². The highest BCUT2D eigenvalue weighted by Crippen LogP contribution is 2.28. The third-order valence-electron chi connectivity index (χ3n) is 3.86. The summed E-state index contributed by atoms with van der Waals surface area (Å²) in [6, 6.07) is 9.79. The van der Waals surface area contributed by atoms with Crippen LogP contribution in [-0.2, 0) is 6.42 Å². The molecule has 100 valence electrons. The molecular weight excluding hydrogens is 220 g/mol. The Kier molecular flexibility index (Phi) is 4.65. The molecule has 0 amide bonds. The predicted molar refractivity (Wildman–Crippen MR) is 79.1 cm³/mol. The first-order chi connectivity index (χ1) is 8.72. The Hall–Kier alpha value is -1.02. The summed E-state index contributed by atoms with van der Waals surface area (Å²) in [6.45, 7) is 8.01. The van der Waals surface area contributed by atoms with Crippen LogP contribution in [0.3, 0.4) is 0 Å². The van der Waals surface area contributed by atoms with Crippen LogP contribution in [0.5, 0.6) is 0 Å². The van der Waals surface area contributed by atoms with Crippen LogP contribution < -0.4 is 10.6 Å². The lowest BCUT2D eigenvalue weighted by atomic mass is 9.94. The SMILES string of the molecule is CCCCNC(C(C)C)C1Cc2ccccc2N1. The van der Waals surface area contributed by atoms with E-state index in [2.05, 4.69) is 55.7 Å². The van der Waals surface area contributed by atoms with Crippen molar-refractivity contribution < 1.29 is 0 Å². The molecule has 1 aromatic rings. The van der Waals surface area contributed by atoms with Crippen molar-refractivity contribution in [2.45, 2.75) is 52.1 Å². The fraction of sp³-hybridized carbons (Fsp3) is 0.625. The molecule has 2 unspecified atom stereocenters. The van der Waals surface area contributed by atoms with E-state index in [4.69, 9.17) is 0 Å². The molecule has 18 heavy (non-hydrogen) atoms. The standard InChI is InChI=1S/C16H26N2/c1-4-5-10-17-16(12(2)3)15-11-13-8-6-7-9-14(13)18-15/h6-9,12,15-18H,4-5,10-11H2,1-3H3. The summed E-state index contributed by atoms with van der Waals surface area (Å²) >= 11 is 0. The van der Waals surface area contributed by atoms with Gasteiger partial charge in [0.1, 0.15) is 0 Å². The molecule has 1 aromatic carbocycles. The van der Waals surface area contributed by atoms with Crippen molar-refractivity contribution in [3.05, 3.63) is 29.8 Å². The van der Waals surface area contributed by atoms with Gasteiger partial charge >= 0.3 is 0 Å². The van der Waals surface area contributed by atoms with E-state index >= 15 is 0 Å². The molecule has 1 aliphatic rings. The zero-order valence-corrected chi connectivity index (χ0v) is 11.9. The zero-order valence-electron chi connectivity index (χ0n) is 11.9. The molecule has 0 aliphatic carbocycles. The Labute approximate surface area is 111 Å². The van der Waals surface area contributed by atoms with Crippen LogP contribution in [-0.4, -0.2) is 18.6 Å². The summed E-state index contributed by atoms with van der Waals surface area (Å²) in [5, 5.41) is 7.41. The molecule has 2 rings (SSSR count). The van der Waals surface area contributed by atoms with Gasteiger partial charge < -0.3 is 10.6 Å². The highest BCUT2D eigenvalue weighted by atomic mass is 15.0. The number of hydrogen-bond acceptors (Lipinski definition) is 2. The lowest BCUT2D eigenvalue weighted by Crippen LogP contribution is -2.47. The minimum absolute atomic E-state index is 0.541. The van der Waals surface area contributed by atoms with E-state index in [1.165, 1.54) is 24.1 Å². The summed E-state index contributed by atoms with van der Waals surface area (Å²) in [5.41, 5.74) is 2.79. The van der Waals surface area contributed by atoms with Gasteiger partial charge in [0.05, 0.1) is 0 Å². The summed E-state index contributed by atoms with van der Waals surface area (Å²) in [5.74, 6) is 0.661. The molecule has 2 nitrogen and oxygen atoms in total. The van der Waals surface area contributed by atoms with Gasteiger partial charge in [-0.1, -0.05) is 45.4 Å². The van der Waals surface area contributed by atoms with Crippen molar-refractivity contribution in [1.82, 2.24) is 5.32 Å². The lowest BCUT2D eigenvalue weighted by Gasteiger charge is -2.29. The Morgan fingerprint density at radius 2 is 2.11 bits per heavy atom. The fourth-order valence-electron chi connectivity index (χ4n) is 2.83. The van der Waals surface area contributed by atoms with Gasteiger partial charge in [-0.25, -0.2) is 0 Å². The third kappa shape index (κ3) is 3.05. The van der Waals surface area contributed by atoms with Gasteiger partial charge in [-0.05, 0) is 36.9 Å². The van der Waals surface area contributed by atoms with Crippen molar-refractivity contribution in [2.24, 2.45) is 5.92 Å². The van der Waals surface area contributed by atoms with Crippen LogP contribution in [0.2, 0.25) is 0 Å². The minimum atomic E-state index is 0.541. The average Bonchev–Trinajstić information content (AvgIpc) is 2.77. The number of para-hydroxylation sites is 1. The monoisotopic (exact) mass is 246 g/mol. The highest BCUT2D eigenvalue weighted by molar-refractivity contribution is 5.57. The minimum Gasteiger partial charge on any atom is -0.380 e. The Morgan fingerprint density at radius 3 is 2.78 bits per heavy atom. The van der Waals surface area contributed by atoms with E-state index in [9.17, 15) is 0 Å². The van der Waals surface area contributed by atoms with Crippen LogP contribution in [0.1, 0.15) is 39.2 Å². The maximum atomic E-state index is 3.73. The fourth-order valence-corrected chi connectivity index (χ4v) is 2.83. The van der Waals surface area contributed by atoms with Crippen molar-refractivity contribution in [3.8, 4) is 0 Å². The second kappa shape index (κ2) is 6.24. The maximum absolute atomic E-state index is 3.73. The molecule has 1 heterocycles. The van der Waals surface area contributed by atoms with Crippen LogP contribution in [0, 0.1) is 5.92 Å². The van der Waals surface area contributed by atoms with Crippen LogP contribution in [0.25, 0.3) is 0 Å². The van der Waals surface area contributed by atoms with E-state index in [-0.39, 0.29) is 0 Å². The van der Waals surface area contributed by atoms with Gasteiger partial charge in [0.2, 0.25) is 0 Å². The van der Waals surface area contributed by atoms with Crippen LogP contribution in [0.15, 0.2) is 24.3 Å². The van der Waals surface area contributed by atoms with Gasteiger partial charge in [0.25, 0.3) is 0 Å². The number of nitrogens with one attached hydrogen (secondary N) is 2. The summed E-state index contributed by atoms with van der Waals surface area (Å²) in [4.78, 5) is 0. The van der Waals surface area contributed by atoms with Crippen molar-refractivity contribution in [3.63, 3.8) is 0 Å². The largest absolute Gasteiger partial charge is 0.380 e. The quantitative estimate of drug-likeness (QED) is 0.751. The highest BCUT2D eigenvalue weighted by Gasteiger charge is 2.29. The van der Waals surface area contributed by atoms with Gasteiger partial charge in [-0.2, -0.15) is 0 Å². The topological polar surface area (TPSA) is 24.1 Å². The number of anilines is 1. The predicted octanol–water partition coefficient (Wildman–Crippen LogP) is 3.44. The molecular formula is C16H26N2. The van der Waals surface area contributed by atoms with E-state index < -0.39 is 0 Å². The molecule has 0 bridgehead atoms. The normalized spacial score (nSPS) is 19.7. The van der Waals surface area contributed by atoms with Crippen molar-refractivity contribution in [2.75, 3.05) is 11.9 Å². The molecule has 0 saturated carbocycles. The molecule has 0 fully saturated rings. The Bertz CT molecular complexity index is 348. The van der Waals surface area contributed by atoms with Gasteiger partial charge in [-0.15, -0.1) is 0 Å². The van der Waals surface area contributed by atoms with Crippen LogP contribution >= 0.6 is 0 Å². The number of unbranched alkanes of at least 4 members (excludes halogenated alkanes) is 1. The van der Waals surface area contributed by atoms with Crippen molar-refractivity contribution in [1.29, 1.82) is 0 Å². The Balaban J connectivity index is 1.97. The first kappa shape index (κ1) is 13.4. The molecule has 2 N–H and O–H groups in total. The maximum Gasteiger partial charge on any atom is 0.0458 e. The molecule has 0 radical (unpaired) electrons. The second-order valence-corrected chi connectivity index (χ2v) is 5.69. The third-order valence-corrected chi connectivity index (χ3v) is 3.86. The average molecular weight is 246 g/mol. The van der Waals surface area contributed by atoms with Crippen molar-refractivity contribution >= 4 is 5.69 Å². The van der Waals surface area contributed by atoms with E-state index in [0.717, 1.165) is 13.0 Å². The van der Waals surface area contributed by atoms with E-state index in [1.54, 1.807) is 0 Å². The summed E-state index contributed by atoms with van der Waals surface area (Å²) in [6.07, 6.45) is 3.68. The molecule has 0 saturated heterocycles. The number of benzene rings is 1. The molecule has 2 atom stereocenters. The molecule has 2 heteroatoms. The number of rotatable bonds is 6. The lowest BCUT2D eigenvalue weighted by molar-refractivity contribution is 0.356. The number of fused-ring (bicyclic) bond motifs is 1. The second-order valence-electron chi connectivity index (χ2n) is 5.69. The summed E-state index contributed by atoms with van der Waals surface area (Å²) < 4.78 is 0. The first-order valence-corrected chi connectivity index (χ1v) is 7.30. The molecule has 0 spiro atoms. The van der Waals surface area contributed by atoms with Gasteiger partial charge in [0, 0.05) is 17.8 Å². The van der Waals surface area contributed by atoms with Gasteiger partial charge in [0.15, 0.2) is 0 Å². The molecule has 0 aromatic heterocycles. The number of hydrogen-bond donors (Lipinski definition) is 2. The van der Waals surface area contributed by atoms with E-state index in [1.807, 2.05) is 0 Å². The van der Waals surface area contributed by atoms with E-state index in [0.29, 0.717) is 18.0 Å². The van der Waals surface area contributed by atoms with Gasteiger partial charge in [-0.3, -0.25) is 0 Å². The first-order valence-electron chi connectivity index (χ1n) is 7.30. The Morgan fingerprint density at radius 1 is 1.33 bits per heavy atom. The molecule has 1 aliphatic heterocycles. The summed E-state index contributed by atoms with van der Waals surface area (Å²) in [7, 11) is 0.